The molecule has 0 aliphatic carbocycles. The first-order chi connectivity index (χ1) is 7.24. The van der Waals surface area contributed by atoms with Gasteiger partial charge in [0.15, 0.2) is 5.13 Å². The average Bonchev–Trinajstić information content (AvgIpc) is 2.62. The summed E-state index contributed by atoms with van der Waals surface area (Å²) in [5.74, 6) is 0. The summed E-state index contributed by atoms with van der Waals surface area (Å²) in [5, 5.41) is 6.08. The molecule has 0 unspecified atom stereocenters. The Labute approximate surface area is 101 Å². The van der Waals surface area contributed by atoms with Gasteiger partial charge >= 0.3 is 0 Å². The third-order valence-corrected chi connectivity index (χ3v) is 3.35. The van der Waals surface area contributed by atoms with Gasteiger partial charge in [-0.05, 0) is 35.0 Å². The molecule has 0 bridgehead atoms. The molecule has 2 aromatic rings. The van der Waals surface area contributed by atoms with Crippen molar-refractivity contribution < 1.29 is 0 Å². The van der Waals surface area contributed by atoms with Crippen LogP contribution in [0.5, 0.6) is 0 Å². The highest BCUT2D eigenvalue weighted by atomic mass is 79.9. The van der Waals surface area contributed by atoms with Crippen LogP contribution in [0.15, 0.2) is 28.2 Å². The van der Waals surface area contributed by atoms with Crippen LogP contribution < -0.4 is 5.32 Å². The Kier molecular flexibility index (Phi) is 3.33. The van der Waals surface area contributed by atoms with Gasteiger partial charge in [-0.25, -0.2) is 4.98 Å². The van der Waals surface area contributed by atoms with E-state index in [1.54, 1.807) is 11.3 Å². The van der Waals surface area contributed by atoms with Crippen molar-refractivity contribution in [1.82, 2.24) is 9.97 Å². The molecule has 78 valence electrons. The van der Waals surface area contributed by atoms with Gasteiger partial charge in [-0.2, -0.15) is 0 Å². The average molecular weight is 284 g/mol. The van der Waals surface area contributed by atoms with E-state index in [0.29, 0.717) is 6.54 Å². The molecular formula is C10H10BrN3S. The minimum absolute atomic E-state index is 0.710. The van der Waals surface area contributed by atoms with Crippen molar-refractivity contribution in [3.8, 4) is 0 Å². The molecule has 5 heteroatoms. The monoisotopic (exact) mass is 283 g/mol. The SMILES string of the molecule is Cc1cccc(CNc2nc(Br)cs2)n1. The Balaban J connectivity index is 1.99. The van der Waals surface area contributed by atoms with Gasteiger partial charge in [0.1, 0.15) is 4.60 Å². The lowest BCUT2D eigenvalue weighted by molar-refractivity contribution is 1.01. The van der Waals surface area contributed by atoms with E-state index in [1.807, 2.05) is 30.5 Å². The maximum Gasteiger partial charge on any atom is 0.184 e. The molecule has 0 aromatic carbocycles. The number of anilines is 1. The first-order valence-electron chi connectivity index (χ1n) is 4.51. The van der Waals surface area contributed by atoms with Crippen LogP contribution in [0.25, 0.3) is 0 Å². The molecule has 0 amide bonds. The number of nitrogens with one attached hydrogen (secondary N) is 1. The Morgan fingerprint density at radius 1 is 1.40 bits per heavy atom. The largest absolute Gasteiger partial charge is 0.356 e. The molecule has 1 N–H and O–H groups in total. The number of hydrogen-bond acceptors (Lipinski definition) is 4. The first kappa shape index (κ1) is 10.6. The maximum atomic E-state index is 4.40. The maximum absolute atomic E-state index is 4.40. The number of rotatable bonds is 3. The van der Waals surface area contributed by atoms with Crippen LogP contribution in [-0.4, -0.2) is 9.97 Å². The molecule has 0 fully saturated rings. The third kappa shape index (κ3) is 3.00. The molecule has 15 heavy (non-hydrogen) atoms. The fraction of sp³-hybridized carbons (Fsp3) is 0.200. The fourth-order valence-electron chi connectivity index (χ4n) is 1.20. The summed E-state index contributed by atoms with van der Waals surface area (Å²) in [5.41, 5.74) is 2.07. The normalized spacial score (nSPS) is 10.3. The standard InChI is InChI=1S/C10H10BrN3S/c1-7-3-2-4-8(13-7)5-12-10-14-9(11)6-15-10/h2-4,6H,5H2,1H3,(H,12,14). The summed E-state index contributed by atoms with van der Waals surface area (Å²) >= 11 is 4.89. The van der Waals surface area contributed by atoms with Crippen molar-refractivity contribution in [1.29, 1.82) is 0 Å². The molecule has 0 atom stereocenters. The van der Waals surface area contributed by atoms with Crippen LogP contribution in [0.2, 0.25) is 0 Å². The molecule has 0 aliphatic heterocycles. The molecule has 2 aromatic heterocycles. The van der Waals surface area contributed by atoms with E-state index in [-0.39, 0.29) is 0 Å². The van der Waals surface area contributed by atoms with Gasteiger partial charge in [-0.15, -0.1) is 11.3 Å². The van der Waals surface area contributed by atoms with Crippen molar-refractivity contribution in [2.45, 2.75) is 13.5 Å². The van der Waals surface area contributed by atoms with Gasteiger partial charge in [0.2, 0.25) is 0 Å². The molecule has 0 saturated heterocycles. The Morgan fingerprint density at radius 3 is 2.93 bits per heavy atom. The van der Waals surface area contributed by atoms with Crippen molar-refractivity contribution in [2.75, 3.05) is 5.32 Å². The summed E-state index contributed by atoms with van der Waals surface area (Å²) in [7, 11) is 0. The van der Waals surface area contributed by atoms with Crippen molar-refractivity contribution in [3.63, 3.8) is 0 Å². The van der Waals surface area contributed by atoms with Gasteiger partial charge in [-0.1, -0.05) is 6.07 Å². The summed E-state index contributed by atoms with van der Waals surface area (Å²) in [6.45, 7) is 2.70. The molecule has 2 heterocycles. The lowest BCUT2D eigenvalue weighted by Gasteiger charge is -2.02. The van der Waals surface area contributed by atoms with E-state index in [9.17, 15) is 0 Å². The topological polar surface area (TPSA) is 37.8 Å². The highest BCUT2D eigenvalue weighted by Gasteiger charge is 1.99. The van der Waals surface area contributed by atoms with Crippen LogP contribution in [0.3, 0.4) is 0 Å². The number of halogens is 1. The summed E-state index contributed by atoms with van der Waals surface area (Å²) < 4.78 is 0.868. The van der Waals surface area contributed by atoms with Crippen molar-refractivity contribution in [3.05, 3.63) is 39.6 Å². The van der Waals surface area contributed by atoms with Crippen LogP contribution in [0.1, 0.15) is 11.4 Å². The lowest BCUT2D eigenvalue weighted by Crippen LogP contribution is -2.01. The number of nitrogens with zero attached hydrogens (tertiary/aromatic N) is 2. The van der Waals surface area contributed by atoms with Crippen LogP contribution in [-0.2, 0) is 6.54 Å². The van der Waals surface area contributed by atoms with Gasteiger partial charge in [0, 0.05) is 11.1 Å². The minimum Gasteiger partial charge on any atom is -0.356 e. The van der Waals surface area contributed by atoms with E-state index in [2.05, 4.69) is 31.2 Å². The summed E-state index contributed by atoms with van der Waals surface area (Å²) in [6, 6.07) is 6.00. The molecular weight excluding hydrogens is 274 g/mol. The van der Waals surface area contributed by atoms with Gasteiger partial charge < -0.3 is 5.32 Å². The molecule has 3 nitrogen and oxygen atoms in total. The predicted molar refractivity (Wildman–Crippen MR) is 66.1 cm³/mol. The van der Waals surface area contributed by atoms with Crippen LogP contribution in [0.4, 0.5) is 5.13 Å². The number of thiazole rings is 1. The van der Waals surface area contributed by atoms with Gasteiger partial charge in [0.25, 0.3) is 0 Å². The number of hydrogen-bond donors (Lipinski definition) is 1. The number of aryl methyl sites for hydroxylation is 1. The van der Waals surface area contributed by atoms with E-state index >= 15 is 0 Å². The van der Waals surface area contributed by atoms with E-state index in [1.165, 1.54) is 0 Å². The number of aromatic nitrogens is 2. The van der Waals surface area contributed by atoms with Crippen LogP contribution in [0, 0.1) is 6.92 Å². The predicted octanol–water partition coefficient (Wildman–Crippen LogP) is 3.22. The molecule has 0 aliphatic rings. The quantitative estimate of drug-likeness (QED) is 0.940. The van der Waals surface area contributed by atoms with Gasteiger partial charge in [-0.3, -0.25) is 4.98 Å². The smallest absolute Gasteiger partial charge is 0.184 e. The molecule has 0 saturated carbocycles. The Bertz CT molecular complexity index is 455. The minimum atomic E-state index is 0.710. The molecule has 2 rings (SSSR count). The second-order valence-electron chi connectivity index (χ2n) is 3.10. The highest BCUT2D eigenvalue weighted by molar-refractivity contribution is 9.10. The second-order valence-corrected chi connectivity index (χ2v) is 4.77. The molecule has 0 radical (unpaired) electrons. The first-order valence-corrected chi connectivity index (χ1v) is 6.19. The zero-order valence-electron chi connectivity index (χ0n) is 8.20. The Morgan fingerprint density at radius 2 is 2.27 bits per heavy atom. The van der Waals surface area contributed by atoms with Crippen LogP contribution >= 0.6 is 27.3 Å². The summed E-state index contributed by atoms with van der Waals surface area (Å²) in [6.07, 6.45) is 0. The van der Waals surface area contributed by atoms with Crippen molar-refractivity contribution >= 4 is 32.4 Å². The number of pyridine rings is 1. The highest BCUT2D eigenvalue weighted by Crippen LogP contribution is 2.19. The van der Waals surface area contributed by atoms with Gasteiger partial charge in [0.05, 0.1) is 12.2 Å². The second kappa shape index (κ2) is 4.72. The Hall–Kier alpha value is -0.940. The van der Waals surface area contributed by atoms with E-state index in [0.717, 1.165) is 21.1 Å². The fourth-order valence-corrected chi connectivity index (χ4v) is 2.34. The lowest BCUT2D eigenvalue weighted by atomic mass is 10.3. The zero-order chi connectivity index (χ0) is 10.7. The molecule has 0 spiro atoms. The van der Waals surface area contributed by atoms with E-state index in [4.69, 9.17) is 0 Å². The zero-order valence-corrected chi connectivity index (χ0v) is 10.6. The van der Waals surface area contributed by atoms with Crippen molar-refractivity contribution in [2.24, 2.45) is 0 Å². The van der Waals surface area contributed by atoms with E-state index < -0.39 is 0 Å². The third-order valence-electron chi connectivity index (χ3n) is 1.84. The summed E-state index contributed by atoms with van der Waals surface area (Å²) in [4.78, 5) is 8.64.